The summed E-state index contributed by atoms with van der Waals surface area (Å²) >= 11 is 6.22. The number of ether oxygens (including phenoxy) is 1. The van der Waals surface area contributed by atoms with Crippen molar-refractivity contribution in [2.75, 3.05) is 26.2 Å². The van der Waals surface area contributed by atoms with E-state index in [1.807, 2.05) is 19.1 Å². The first kappa shape index (κ1) is 20.8. The van der Waals surface area contributed by atoms with Gasteiger partial charge in [0.2, 0.25) is 0 Å². The Hall–Kier alpha value is -1.95. The number of hydrogen-bond donors (Lipinski definition) is 2. The number of halogens is 1. The Kier molecular flexibility index (Phi) is 7.05. The summed E-state index contributed by atoms with van der Waals surface area (Å²) in [5.74, 6) is 0.489. The number of rotatable bonds is 5. The molecule has 2 fully saturated rings. The number of hydrogen-bond acceptors (Lipinski definition) is 3. The molecule has 154 valence electrons. The van der Waals surface area contributed by atoms with Crippen LogP contribution < -0.4 is 11.1 Å². The Morgan fingerprint density at radius 1 is 1.36 bits per heavy atom. The van der Waals surface area contributed by atoms with E-state index >= 15 is 0 Å². The van der Waals surface area contributed by atoms with Crippen LogP contribution in [-0.4, -0.2) is 49.2 Å². The van der Waals surface area contributed by atoms with Gasteiger partial charge in [0.05, 0.1) is 13.2 Å². The number of likely N-dealkylation sites (tertiary alicyclic amines) is 1. The summed E-state index contributed by atoms with van der Waals surface area (Å²) in [6.45, 7) is 4.26. The molecule has 1 aromatic rings. The van der Waals surface area contributed by atoms with Crippen molar-refractivity contribution in [2.24, 2.45) is 10.7 Å². The summed E-state index contributed by atoms with van der Waals surface area (Å²) in [6, 6.07) is 8.38. The summed E-state index contributed by atoms with van der Waals surface area (Å²) < 4.78 is 5.06. The minimum absolute atomic E-state index is 0.0322. The molecular formula is C21H31ClN4O2. The zero-order valence-electron chi connectivity index (χ0n) is 16.6. The van der Waals surface area contributed by atoms with E-state index in [2.05, 4.69) is 17.4 Å². The van der Waals surface area contributed by atoms with E-state index in [1.54, 1.807) is 4.90 Å². The van der Waals surface area contributed by atoms with Crippen LogP contribution in [0.15, 0.2) is 29.3 Å². The summed E-state index contributed by atoms with van der Waals surface area (Å²) in [5, 5.41) is 4.11. The highest BCUT2D eigenvalue weighted by Crippen LogP contribution is 2.42. The van der Waals surface area contributed by atoms with Gasteiger partial charge in [0.25, 0.3) is 0 Å². The third-order valence-corrected chi connectivity index (χ3v) is 6.16. The van der Waals surface area contributed by atoms with Gasteiger partial charge in [0.15, 0.2) is 5.96 Å². The fraction of sp³-hybridized carbons (Fsp3) is 0.619. The number of nitrogens with one attached hydrogen (secondary N) is 1. The lowest BCUT2D eigenvalue weighted by atomic mass is 9.79. The number of carbonyl (C=O) groups is 1. The van der Waals surface area contributed by atoms with Crippen LogP contribution in [-0.2, 0) is 10.2 Å². The molecule has 1 aliphatic carbocycles. The van der Waals surface area contributed by atoms with Gasteiger partial charge in [-0.15, -0.1) is 0 Å². The lowest BCUT2D eigenvalue weighted by Gasteiger charge is -2.32. The number of aliphatic imine (C=N–C) groups is 1. The van der Waals surface area contributed by atoms with Gasteiger partial charge in [-0.2, -0.15) is 0 Å². The number of guanidine groups is 1. The van der Waals surface area contributed by atoms with E-state index in [9.17, 15) is 4.79 Å². The molecule has 0 spiro atoms. The molecule has 0 bridgehead atoms. The first-order valence-electron chi connectivity index (χ1n) is 10.3. The van der Waals surface area contributed by atoms with Crippen LogP contribution in [0.1, 0.15) is 51.0 Å². The van der Waals surface area contributed by atoms with Gasteiger partial charge in [0, 0.05) is 29.6 Å². The predicted octanol–water partition coefficient (Wildman–Crippen LogP) is 3.68. The van der Waals surface area contributed by atoms with Crippen molar-refractivity contribution in [1.29, 1.82) is 0 Å². The zero-order valence-corrected chi connectivity index (χ0v) is 17.4. The minimum Gasteiger partial charge on any atom is -0.450 e. The molecule has 6 nitrogen and oxygen atoms in total. The van der Waals surface area contributed by atoms with Crippen molar-refractivity contribution in [1.82, 2.24) is 10.2 Å². The van der Waals surface area contributed by atoms with E-state index in [-0.39, 0.29) is 17.6 Å². The summed E-state index contributed by atoms with van der Waals surface area (Å²) in [6.07, 6.45) is 6.10. The van der Waals surface area contributed by atoms with Gasteiger partial charge in [-0.1, -0.05) is 36.6 Å². The van der Waals surface area contributed by atoms with Gasteiger partial charge in [-0.3, -0.25) is 4.99 Å². The summed E-state index contributed by atoms with van der Waals surface area (Å²) in [7, 11) is 0. The maximum absolute atomic E-state index is 11.8. The average Bonchev–Trinajstić information content (AvgIpc) is 3.17. The summed E-state index contributed by atoms with van der Waals surface area (Å²) in [5.41, 5.74) is 7.49. The molecule has 1 saturated heterocycles. The van der Waals surface area contributed by atoms with Crippen LogP contribution in [0.5, 0.6) is 0 Å². The normalized spacial score (nSPS) is 20.2. The molecule has 3 rings (SSSR count). The molecule has 1 aliphatic heterocycles. The Morgan fingerprint density at radius 2 is 2.07 bits per heavy atom. The van der Waals surface area contributed by atoms with E-state index in [0.717, 1.165) is 30.7 Å². The van der Waals surface area contributed by atoms with Gasteiger partial charge >= 0.3 is 6.09 Å². The maximum atomic E-state index is 11.8. The lowest BCUT2D eigenvalue weighted by Crippen LogP contribution is -2.48. The van der Waals surface area contributed by atoms with Crippen molar-refractivity contribution in [3.05, 3.63) is 34.9 Å². The number of piperidine rings is 1. The van der Waals surface area contributed by atoms with Crippen LogP contribution in [0.4, 0.5) is 4.79 Å². The number of nitrogens with zero attached hydrogens (tertiary/aromatic N) is 2. The van der Waals surface area contributed by atoms with Gasteiger partial charge in [0.1, 0.15) is 0 Å². The quantitative estimate of drug-likeness (QED) is 0.577. The molecule has 0 atom stereocenters. The molecule has 0 radical (unpaired) electrons. The Labute approximate surface area is 172 Å². The maximum Gasteiger partial charge on any atom is 0.409 e. The highest BCUT2D eigenvalue weighted by Gasteiger charge is 2.35. The second-order valence-electron chi connectivity index (χ2n) is 7.80. The third-order valence-electron chi connectivity index (χ3n) is 5.92. The minimum atomic E-state index is -0.229. The smallest absolute Gasteiger partial charge is 0.409 e. The predicted molar refractivity (Wildman–Crippen MR) is 113 cm³/mol. The number of amides is 1. The van der Waals surface area contributed by atoms with Crippen molar-refractivity contribution in [3.8, 4) is 0 Å². The molecule has 1 amide bonds. The molecule has 28 heavy (non-hydrogen) atoms. The second-order valence-corrected chi connectivity index (χ2v) is 8.24. The fourth-order valence-electron chi connectivity index (χ4n) is 4.32. The Morgan fingerprint density at radius 3 is 2.71 bits per heavy atom. The molecule has 7 heteroatoms. The van der Waals surface area contributed by atoms with Gasteiger partial charge < -0.3 is 20.7 Å². The lowest BCUT2D eigenvalue weighted by molar-refractivity contribution is 0.0963. The van der Waals surface area contributed by atoms with E-state index in [4.69, 9.17) is 27.1 Å². The van der Waals surface area contributed by atoms with Crippen LogP contribution in [0.3, 0.4) is 0 Å². The third kappa shape index (κ3) is 5.10. The average molecular weight is 407 g/mol. The van der Waals surface area contributed by atoms with Crippen molar-refractivity contribution in [3.63, 3.8) is 0 Å². The molecule has 0 unspecified atom stereocenters. The molecule has 3 N–H and O–H groups in total. The van der Waals surface area contributed by atoms with E-state index < -0.39 is 0 Å². The van der Waals surface area contributed by atoms with Crippen molar-refractivity contribution >= 4 is 23.7 Å². The Balaban J connectivity index is 1.56. The zero-order chi connectivity index (χ0) is 20.0. The molecule has 1 aromatic carbocycles. The van der Waals surface area contributed by atoms with E-state index in [0.29, 0.717) is 32.2 Å². The molecule has 1 heterocycles. The molecular weight excluding hydrogens is 376 g/mol. The van der Waals surface area contributed by atoms with Crippen LogP contribution in [0.2, 0.25) is 5.02 Å². The fourth-order valence-corrected chi connectivity index (χ4v) is 4.51. The number of benzene rings is 1. The highest BCUT2D eigenvalue weighted by molar-refractivity contribution is 6.30. The van der Waals surface area contributed by atoms with E-state index in [1.165, 1.54) is 18.4 Å². The van der Waals surface area contributed by atoms with Gasteiger partial charge in [-0.25, -0.2) is 4.79 Å². The summed E-state index contributed by atoms with van der Waals surface area (Å²) in [4.78, 5) is 18.2. The standard InChI is InChI=1S/C21H31ClN4O2/c1-2-28-20(27)26-12-8-18(9-13-26)25-19(23)24-15-21(10-3-4-11-21)16-6-5-7-17(22)14-16/h5-7,14,18H,2-4,8-13,15H2,1H3,(H3,23,24,25). The number of nitrogens with two attached hydrogens (primary N) is 1. The number of carbonyl (C=O) groups excluding carboxylic acids is 1. The first-order chi connectivity index (χ1) is 13.5. The highest BCUT2D eigenvalue weighted by atomic mass is 35.5. The molecule has 0 aromatic heterocycles. The topological polar surface area (TPSA) is 80.0 Å². The van der Waals surface area contributed by atoms with Crippen molar-refractivity contribution in [2.45, 2.75) is 56.9 Å². The van der Waals surface area contributed by atoms with Crippen LogP contribution >= 0.6 is 11.6 Å². The second kappa shape index (κ2) is 9.50. The Bertz CT molecular complexity index is 695. The molecule has 1 saturated carbocycles. The van der Waals surface area contributed by atoms with Crippen molar-refractivity contribution < 1.29 is 9.53 Å². The van der Waals surface area contributed by atoms with Crippen LogP contribution in [0.25, 0.3) is 0 Å². The first-order valence-corrected chi connectivity index (χ1v) is 10.6. The monoisotopic (exact) mass is 406 g/mol. The largest absolute Gasteiger partial charge is 0.450 e. The molecule has 2 aliphatic rings. The van der Waals surface area contributed by atoms with Crippen LogP contribution in [0, 0.1) is 0 Å². The van der Waals surface area contributed by atoms with Gasteiger partial charge in [-0.05, 0) is 50.3 Å². The SMILES string of the molecule is CCOC(=O)N1CCC(NC(N)=NCC2(c3cccc(Cl)c3)CCCC2)CC1.